The van der Waals surface area contributed by atoms with Crippen LogP contribution in [0.5, 0.6) is 0 Å². The molecule has 2 aromatic rings. The smallest absolute Gasteiger partial charge is 0.311 e. The quantitative estimate of drug-likeness (QED) is 0.212. The highest BCUT2D eigenvalue weighted by Gasteiger charge is 2.54. The molecule has 3 fully saturated rings. The molecule has 0 unspecified atom stereocenters. The van der Waals surface area contributed by atoms with Crippen LogP contribution in [0.2, 0.25) is 0 Å². The number of cyclic esters (lactones) is 1. The molecule has 3 aliphatic rings. The monoisotopic (exact) mass is 920 g/mol. The zero-order valence-electron chi connectivity index (χ0n) is 40.7. The van der Waals surface area contributed by atoms with E-state index in [-0.39, 0.29) is 31.1 Å². The van der Waals surface area contributed by atoms with Crippen LogP contribution in [0.15, 0.2) is 30.7 Å². The van der Waals surface area contributed by atoms with Gasteiger partial charge in [0.05, 0.1) is 59.9 Å². The summed E-state index contributed by atoms with van der Waals surface area (Å²) < 4.78 is 46.4. The Labute approximate surface area is 384 Å². The Balaban J connectivity index is 1.49. The number of hydrogen-bond acceptors (Lipinski definition) is 17. The third kappa shape index (κ3) is 12.0. The van der Waals surface area contributed by atoms with Crippen molar-refractivity contribution in [1.29, 1.82) is 0 Å². The van der Waals surface area contributed by atoms with E-state index in [1.165, 1.54) is 21.1 Å². The van der Waals surface area contributed by atoms with E-state index in [0.717, 1.165) is 11.3 Å². The number of nitrogens with zero attached hydrogens (tertiary/aromatic N) is 5. The summed E-state index contributed by atoms with van der Waals surface area (Å²) in [5.41, 5.74) is -2.57. The van der Waals surface area contributed by atoms with E-state index in [1.54, 1.807) is 65.5 Å². The summed E-state index contributed by atoms with van der Waals surface area (Å²) in [6.07, 6.45) is -3.43. The van der Waals surface area contributed by atoms with Gasteiger partial charge in [-0.2, -0.15) is 0 Å². The molecule has 18 atom stereocenters. The van der Waals surface area contributed by atoms with E-state index in [0.29, 0.717) is 25.9 Å². The molecule has 5 heterocycles. The van der Waals surface area contributed by atoms with Gasteiger partial charge in [0.2, 0.25) is 0 Å². The van der Waals surface area contributed by atoms with Crippen molar-refractivity contribution in [3.63, 3.8) is 0 Å². The van der Waals surface area contributed by atoms with Gasteiger partial charge >= 0.3 is 5.97 Å². The molecule has 65 heavy (non-hydrogen) atoms. The van der Waals surface area contributed by atoms with Gasteiger partial charge in [-0.15, -0.1) is 5.10 Å². The number of carbonyl (C=O) groups excluding carboxylic acids is 2. The Morgan fingerprint density at radius 1 is 0.938 bits per heavy atom. The average Bonchev–Trinajstić information content (AvgIpc) is 3.73. The number of rotatable bonds is 13. The lowest BCUT2D eigenvalue weighted by Crippen LogP contribution is -2.61. The van der Waals surface area contributed by atoms with Crippen molar-refractivity contribution >= 4 is 11.8 Å². The van der Waals surface area contributed by atoms with Gasteiger partial charge in [0, 0.05) is 76.0 Å². The number of likely N-dealkylation sites (N-methyl/N-ethyl adjacent to an activating group) is 1. The molecule has 0 bridgehead atoms. The molecule has 2 aromatic heterocycles. The van der Waals surface area contributed by atoms with Gasteiger partial charge in [-0.05, 0) is 79.5 Å². The number of esters is 1. The summed E-state index contributed by atoms with van der Waals surface area (Å²) in [5.74, 6) is -4.67. The third-order valence-electron chi connectivity index (χ3n) is 14.5. The standard InChI is InChI=1S/C47H77N5O13/c1-14-35-47(10,58)40(55)28(4)37(53)26(2)21-46(9,60-13)42(29(5)39(30(6)43(57)63-35)64-36-22-45(8,59-12)41(56)31(7)62-36)65-44-38(54)34(20-27(3)61-44)51(11)19-17-33-25-52(50-49-33)24-32-16-15-18-48-23-32/h15-16,18,23,25-31,34-36,38-42,44,54-56,58H,14,17,19-22,24H2,1-13H3/t26-,27-,28+,29+,30-,31+,34+,35-,36+,38-,39+,40-,41+,42-,44+,45-,46-,47-/m1/s1. The zero-order chi connectivity index (χ0) is 48.2. The molecule has 0 aromatic carbocycles. The van der Waals surface area contributed by atoms with Crippen LogP contribution < -0.4 is 0 Å². The van der Waals surface area contributed by atoms with Crippen LogP contribution in [-0.4, -0.2) is 169 Å². The molecular formula is C47H77N5O13. The van der Waals surface area contributed by atoms with Crippen molar-refractivity contribution < 1.29 is 63.2 Å². The van der Waals surface area contributed by atoms with Crippen molar-refractivity contribution in [2.24, 2.45) is 23.7 Å². The Kier molecular flexibility index (Phi) is 17.9. The molecular weight excluding hydrogens is 843 g/mol. The van der Waals surface area contributed by atoms with E-state index < -0.39 is 108 Å². The summed E-state index contributed by atoms with van der Waals surface area (Å²) in [4.78, 5) is 34.9. The number of Topliss-reactive ketones (excluding diaryl/α,β-unsaturated/α-hetero) is 1. The van der Waals surface area contributed by atoms with E-state index >= 15 is 0 Å². The van der Waals surface area contributed by atoms with Crippen LogP contribution in [0.3, 0.4) is 0 Å². The first kappa shape index (κ1) is 53.0. The third-order valence-corrected chi connectivity index (χ3v) is 14.5. The highest BCUT2D eigenvalue weighted by molar-refractivity contribution is 5.83. The van der Waals surface area contributed by atoms with Crippen molar-refractivity contribution in [2.45, 2.75) is 192 Å². The summed E-state index contributed by atoms with van der Waals surface area (Å²) in [6.45, 7) is 18.1. The molecule has 0 spiro atoms. The predicted octanol–water partition coefficient (Wildman–Crippen LogP) is 3.09. The lowest BCUT2D eigenvalue weighted by molar-refractivity contribution is -0.319. The SMILES string of the molecule is CC[C@H]1OC(=O)[C@H](C)[C@@H](O[C@H]2C[C@@](C)(OC)[C@@H](O)[C@H](C)O2)[C@H](C)[C@@H](O[C@@H]2O[C@H](C)C[C@H](N(C)CCc3cn(Cc4cccnc4)nn3)[C@H]2O)[C@](C)(OC)C[C@@H](C)C(=O)[C@H](C)[C@@H](O)[C@]1(C)O. The van der Waals surface area contributed by atoms with Crippen LogP contribution in [0, 0.1) is 23.7 Å². The number of hydrogen-bond donors (Lipinski definition) is 4. The van der Waals surface area contributed by atoms with Gasteiger partial charge in [0.25, 0.3) is 0 Å². The van der Waals surface area contributed by atoms with Crippen LogP contribution in [0.4, 0.5) is 0 Å². The van der Waals surface area contributed by atoms with Crippen LogP contribution in [0.25, 0.3) is 0 Å². The van der Waals surface area contributed by atoms with Crippen molar-refractivity contribution in [3.8, 4) is 0 Å². The zero-order valence-corrected chi connectivity index (χ0v) is 40.7. The molecule has 0 aliphatic carbocycles. The highest BCUT2D eigenvalue weighted by Crippen LogP contribution is 2.42. The fraction of sp³-hybridized carbons (Fsp3) is 0.809. The summed E-state index contributed by atoms with van der Waals surface area (Å²) in [6, 6.07) is 3.45. The Hall–Kier alpha value is -3.01. The first-order chi connectivity index (χ1) is 30.5. The first-order valence-electron chi connectivity index (χ1n) is 23.2. The second-order valence-electron chi connectivity index (χ2n) is 19.7. The Morgan fingerprint density at radius 3 is 2.26 bits per heavy atom. The minimum atomic E-state index is -1.99. The highest BCUT2D eigenvalue weighted by atomic mass is 16.7. The second-order valence-corrected chi connectivity index (χ2v) is 19.7. The van der Waals surface area contributed by atoms with Gasteiger partial charge < -0.3 is 58.5 Å². The van der Waals surface area contributed by atoms with E-state index in [4.69, 9.17) is 33.2 Å². The molecule has 18 heteroatoms. The topological polar surface area (TPSA) is 227 Å². The van der Waals surface area contributed by atoms with Gasteiger partial charge in [0.1, 0.15) is 29.7 Å². The van der Waals surface area contributed by atoms with Crippen molar-refractivity contribution in [3.05, 3.63) is 42.0 Å². The Morgan fingerprint density at radius 2 is 1.63 bits per heavy atom. The number of pyridine rings is 1. The van der Waals surface area contributed by atoms with Crippen LogP contribution in [-0.2, 0) is 55.7 Å². The predicted molar refractivity (Wildman–Crippen MR) is 237 cm³/mol. The molecule has 18 nitrogen and oxygen atoms in total. The number of aliphatic hydroxyl groups is 4. The molecule has 5 rings (SSSR count). The Bertz CT molecular complexity index is 1840. The lowest BCUT2D eigenvalue weighted by atomic mass is 9.74. The number of aromatic nitrogens is 4. The van der Waals surface area contributed by atoms with E-state index in [2.05, 4.69) is 20.2 Å². The van der Waals surface area contributed by atoms with Crippen LogP contribution in [0.1, 0.15) is 106 Å². The average molecular weight is 920 g/mol. The van der Waals surface area contributed by atoms with Crippen molar-refractivity contribution in [2.75, 3.05) is 27.8 Å². The van der Waals surface area contributed by atoms with Gasteiger partial charge in [-0.25, -0.2) is 4.68 Å². The minimum absolute atomic E-state index is 0.0768. The summed E-state index contributed by atoms with van der Waals surface area (Å²) in [5, 5.41) is 55.3. The minimum Gasteiger partial charge on any atom is -0.459 e. The largest absolute Gasteiger partial charge is 0.459 e. The lowest BCUT2D eigenvalue weighted by Gasteiger charge is -2.50. The molecule has 0 amide bonds. The van der Waals surface area contributed by atoms with Gasteiger partial charge in [-0.1, -0.05) is 39.0 Å². The van der Waals surface area contributed by atoms with E-state index in [1.807, 2.05) is 39.2 Å². The molecule has 4 N–H and O–H groups in total. The number of methoxy groups -OCH3 is 2. The second kappa shape index (κ2) is 22.0. The summed E-state index contributed by atoms with van der Waals surface area (Å²) in [7, 11) is 4.94. The molecule has 0 radical (unpaired) electrons. The number of ether oxygens (including phenoxy) is 7. The fourth-order valence-corrected chi connectivity index (χ4v) is 10.2. The maximum absolute atomic E-state index is 14.4. The molecule has 368 valence electrons. The number of carbonyl (C=O) groups is 2. The summed E-state index contributed by atoms with van der Waals surface area (Å²) >= 11 is 0. The molecule has 0 saturated carbocycles. The molecule has 3 saturated heterocycles. The maximum Gasteiger partial charge on any atom is 0.311 e. The van der Waals surface area contributed by atoms with Gasteiger partial charge in [-0.3, -0.25) is 14.6 Å². The van der Waals surface area contributed by atoms with E-state index in [9.17, 15) is 30.0 Å². The first-order valence-corrected chi connectivity index (χ1v) is 23.2. The number of ketones is 1. The van der Waals surface area contributed by atoms with Crippen molar-refractivity contribution in [1.82, 2.24) is 24.9 Å². The number of aliphatic hydroxyl groups excluding tert-OH is 3. The van der Waals surface area contributed by atoms with Gasteiger partial charge in [0.15, 0.2) is 12.6 Å². The van der Waals surface area contributed by atoms with Crippen LogP contribution >= 0.6 is 0 Å². The maximum atomic E-state index is 14.4. The fourth-order valence-electron chi connectivity index (χ4n) is 10.2. The molecule has 3 aliphatic heterocycles. The normalized spacial score (nSPS) is 41.5.